The third kappa shape index (κ3) is 7.46. The van der Waals surface area contributed by atoms with E-state index < -0.39 is 30.1 Å². The number of anilines is 1. The minimum atomic E-state index is -1.19. The summed E-state index contributed by atoms with van der Waals surface area (Å²) in [5.74, 6) is 1.28. The number of rotatable bonds is 14. The minimum Gasteiger partial charge on any atom is -0.497 e. The molecular weight excluding hydrogens is 843 g/mol. The van der Waals surface area contributed by atoms with Crippen LogP contribution in [0.5, 0.6) is 11.5 Å². The molecular formula is C55H45N5O7. The van der Waals surface area contributed by atoms with Crippen LogP contribution in [0, 0.1) is 0 Å². The van der Waals surface area contributed by atoms with Gasteiger partial charge in [0, 0.05) is 5.56 Å². The molecule has 1 amide bonds. The number of methoxy groups -OCH3 is 2. The number of aliphatic hydroxyl groups is 1. The average Bonchev–Trinajstić information content (AvgIpc) is 3.96. The van der Waals surface area contributed by atoms with E-state index >= 15 is 0 Å². The topological polar surface area (TPSA) is 139 Å². The van der Waals surface area contributed by atoms with Gasteiger partial charge in [0.05, 0.1) is 33.8 Å². The number of imidazole rings is 1. The van der Waals surface area contributed by atoms with Crippen molar-refractivity contribution in [3.05, 3.63) is 204 Å². The van der Waals surface area contributed by atoms with Gasteiger partial charge in [-0.05, 0) is 91.0 Å². The Balaban J connectivity index is 0.977. The number of carbonyl (C=O) groups excluding carboxylic acids is 1. The first-order valence-electron chi connectivity index (χ1n) is 22.1. The van der Waals surface area contributed by atoms with Crippen molar-refractivity contribution in [2.45, 2.75) is 36.7 Å². The largest absolute Gasteiger partial charge is 0.497 e. The summed E-state index contributed by atoms with van der Waals surface area (Å²) in [5.41, 5.74) is 3.49. The van der Waals surface area contributed by atoms with E-state index in [0.717, 1.165) is 33.0 Å². The van der Waals surface area contributed by atoms with Crippen LogP contribution in [0.3, 0.4) is 0 Å². The van der Waals surface area contributed by atoms with E-state index in [2.05, 4.69) is 74.9 Å². The zero-order valence-corrected chi connectivity index (χ0v) is 36.7. The maximum atomic E-state index is 13.3. The summed E-state index contributed by atoms with van der Waals surface area (Å²) in [6.45, 7) is 0.0954. The lowest BCUT2D eigenvalue weighted by molar-refractivity contribution is -0.0967. The first kappa shape index (κ1) is 41.9. The van der Waals surface area contributed by atoms with Gasteiger partial charge in [-0.1, -0.05) is 127 Å². The number of aliphatic hydroxyl groups excluding tert-OH is 1. The van der Waals surface area contributed by atoms with Gasteiger partial charge in [0.15, 0.2) is 23.2 Å². The molecule has 332 valence electrons. The molecule has 0 radical (unpaired) electrons. The van der Waals surface area contributed by atoms with E-state index in [4.69, 9.17) is 23.7 Å². The zero-order valence-electron chi connectivity index (χ0n) is 36.7. The summed E-state index contributed by atoms with van der Waals surface area (Å²) in [6, 6.07) is 53.6. The van der Waals surface area contributed by atoms with Crippen LogP contribution in [-0.2, 0) is 26.4 Å². The number of aromatic nitrogens is 4. The molecule has 1 aliphatic heterocycles. The maximum Gasteiger partial charge on any atom is 0.256 e. The monoisotopic (exact) mass is 887 g/mol. The van der Waals surface area contributed by atoms with Crippen LogP contribution < -0.4 is 14.8 Å². The molecule has 2 N–H and O–H groups in total. The number of nitrogens with zero attached hydrogens (tertiary/aromatic N) is 4. The number of hydrogen-bond donors (Lipinski definition) is 2. The van der Waals surface area contributed by atoms with Gasteiger partial charge in [-0.3, -0.25) is 9.36 Å². The van der Waals surface area contributed by atoms with Crippen molar-refractivity contribution in [1.29, 1.82) is 0 Å². The molecule has 1 saturated heterocycles. The lowest BCUT2D eigenvalue weighted by atomic mass is 9.80. The Bertz CT molecular complexity index is 3280. The minimum absolute atomic E-state index is 0.0663. The molecule has 10 aromatic rings. The second-order valence-electron chi connectivity index (χ2n) is 16.6. The highest BCUT2D eigenvalue weighted by Gasteiger charge is 2.48. The van der Waals surface area contributed by atoms with Crippen LogP contribution in [0.4, 0.5) is 5.82 Å². The molecule has 4 atom stereocenters. The summed E-state index contributed by atoms with van der Waals surface area (Å²) >= 11 is 0. The SMILES string of the molecule is COc1ccc(C(OC[C@H]2O[C@@H](n3cnc4c(NC(=O)c5ccccc5)ncnc43)[C@H](OCc3ccc4ccc5cccc6ccc3c4c56)[C@@H]2O)(c2ccccc2)c2ccc(OC)cc2)cc1. The van der Waals surface area contributed by atoms with Gasteiger partial charge in [-0.25, -0.2) is 15.0 Å². The molecule has 0 unspecified atom stereocenters. The van der Waals surface area contributed by atoms with Crippen LogP contribution in [0.1, 0.15) is 38.8 Å². The predicted molar refractivity (Wildman–Crippen MR) is 257 cm³/mol. The zero-order chi connectivity index (χ0) is 45.5. The number of hydrogen-bond acceptors (Lipinski definition) is 10. The van der Waals surface area contributed by atoms with Crippen LogP contribution >= 0.6 is 0 Å². The Hall–Kier alpha value is -7.74. The molecule has 3 heterocycles. The summed E-state index contributed by atoms with van der Waals surface area (Å²) in [4.78, 5) is 27.0. The van der Waals surface area contributed by atoms with Crippen molar-refractivity contribution >= 4 is 55.2 Å². The standard InChI is InChI=1S/C55H45N5O7/c1-63-42-25-21-40(22-26-42)55(39-14-7-4-8-15-39,41-23-27-43(64-2)28-24-41)66-31-45-49(61)50(65-30-38-19-18-36-17-16-34-12-9-13-35-20-29-44(38)47(36)46(34)35)54(67-45)60-33-58-48-51(56-32-57-52(48)60)59-53(62)37-10-5-3-6-11-37/h3-29,32-33,45,49-50,54,61H,30-31H2,1-2H3,(H,56,57,59,62)/t45-,49-,50-,54-/m1/s1. The first-order chi connectivity index (χ1) is 32.9. The summed E-state index contributed by atoms with van der Waals surface area (Å²) < 4.78 is 33.9. The Morgan fingerprint density at radius 1 is 0.687 bits per heavy atom. The number of amides is 1. The fraction of sp³-hybridized carbons (Fsp3) is 0.164. The van der Waals surface area contributed by atoms with Crippen molar-refractivity contribution in [3.63, 3.8) is 0 Å². The maximum absolute atomic E-state index is 13.3. The van der Waals surface area contributed by atoms with E-state index in [9.17, 15) is 9.90 Å². The smallest absolute Gasteiger partial charge is 0.256 e. The lowest BCUT2D eigenvalue weighted by Crippen LogP contribution is -2.40. The first-order valence-corrected chi connectivity index (χ1v) is 22.1. The summed E-state index contributed by atoms with van der Waals surface area (Å²) in [7, 11) is 3.27. The number of benzene rings is 8. The molecule has 8 aromatic carbocycles. The second kappa shape index (κ2) is 17.6. The molecule has 12 heteroatoms. The highest BCUT2D eigenvalue weighted by atomic mass is 16.6. The van der Waals surface area contributed by atoms with Gasteiger partial charge >= 0.3 is 0 Å². The Labute approximate surface area is 385 Å². The fourth-order valence-electron chi connectivity index (χ4n) is 9.55. The van der Waals surface area contributed by atoms with Crippen molar-refractivity contribution in [2.75, 3.05) is 26.1 Å². The number of carbonyl (C=O) groups is 1. The van der Waals surface area contributed by atoms with E-state index in [1.165, 1.54) is 27.9 Å². The normalized spacial score (nSPS) is 17.4. The third-order valence-electron chi connectivity index (χ3n) is 12.9. The van der Waals surface area contributed by atoms with Crippen LogP contribution in [0.2, 0.25) is 0 Å². The fourth-order valence-corrected chi connectivity index (χ4v) is 9.55. The Morgan fingerprint density at radius 3 is 1.97 bits per heavy atom. The molecule has 12 nitrogen and oxygen atoms in total. The van der Waals surface area contributed by atoms with Crippen molar-refractivity contribution in [3.8, 4) is 11.5 Å². The number of fused-ring (bicyclic) bond motifs is 1. The average molecular weight is 888 g/mol. The number of nitrogens with one attached hydrogen (secondary N) is 1. The van der Waals surface area contributed by atoms with E-state index in [0.29, 0.717) is 28.2 Å². The molecule has 2 aromatic heterocycles. The second-order valence-corrected chi connectivity index (χ2v) is 16.6. The van der Waals surface area contributed by atoms with Crippen molar-refractivity contribution in [2.24, 2.45) is 0 Å². The van der Waals surface area contributed by atoms with Crippen molar-refractivity contribution < 1.29 is 33.6 Å². The van der Waals surface area contributed by atoms with Gasteiger partial charge in [-0.15, -0.1) is 0 Å². The van der Waals surface area contributed by atoms with Crippen molar-refractivity contribution in [1.82, 2.24) is 19.5 Å². The Morgan fingerprint density at radius 2 is 1.30 bits per heavy atom. The van der Waals surface area contributed by atoms with Gasteiger partial charge in [0.1, 0.15) is 41.7 Å². The van der Waals surface area contributed by atoms with Gasteiger partial charge in [-0.2, -0.15) is 0 Å². The molecule has 67 heavy (non-hydrogen) atoms. The molecule has 1 aliphatic rings. The van der Waals surface area contributed by atoms with Gasteiger partial charge in [0.2, 0.25) is 0 Å². The summed E-state index contributed by atoms with van der Waals surface area (Å²) in [6.07, 6.45) is -1.03. The molecule has 0 bridgehead atoms. The van der Waals surface area contributed by atoms with E-state index in [1.54, 1.807) is 49.4 Å². The molecule has 0 saturated carbocycles. The molecule has 0 spiro atoms. The lowest BCUT2D eigenvalue weighted by Gasteiger charge is -2.37. The quantitative estimate of drug-likeness (QED) is 0.0802. The van der Waals surface area contributed by atoms with Crippen LogP contribution in [0.15, 0.2) is 176 Å². The van der Waals surface area contributed by atoms with Crippen LogP contribution in [0.25, 0.3) is 43.5 Å². The predicted octanol–water partition coefficient (Wildman–Crippen LogP) is 9.85. The van der Waals surface area contributed by atoms with E-state index in [1.807, 2.05) is 84.9 Å². The summed E-state index contributed by atoms with van der Waals surface area (Å²) in [5, 5.41) is 22.4. The highest BCUT2D eigenvalue weighted by molar-refractivity contribution is 6.23. The molecule has 0 aliphatic carbocycles. The molecule has 1 fully saturated rings. The van der Waals surface area contributed by atoms with Gasteiger partial charge in [0.25, 0.3) is 5.91 Å². The van der Waals surface area contributed by atoms with Gasteiger partial charge < -0.3 is 34.1 Å². The third-order valence-corrected chi connectivity index (χ3v) is 12.9. The highest BCUT2D eigenvalue weighted by Crippen LogP contribution is 2.44. The number of ether oxygens (including phenoxy) is 5. The Kier molecular flexibility index (Phi) is 11.0. The molecule has 11 rings (SSSR count). The van der Waals surface area contributed by atoms with Crippen LogP contribution in [-0.4, -0.2) is 69.7 Å². The van der Waals surface area contributed by atoms with E-state index in [-0.39, 0.29) is 24.9 Å².